The van der Waals surface area contributed by atoms with Gasteiger partial charge in [0, 0.05) is 19.5 Å². The highest BCUT2D eigenvalue weighted by atomic mass is 32.1. The average Bonchev–Trinajstić information content (AvgIpc) is 2.70. The van der Waals surface area contributed by atoms with Crippen molar-refractivity contribution in [2.75, 3.05) is 13.6 Å². The summed E-state index contributed by atoms with van der Waals surface area (Å²) in [5.74, 6) is 0.430. The van der Waals surface area contributed by atoms with E-state index in [4.69, 9.17) is 12.2 Å². The molecule has 1 heterocycles. The van der Waals surface area contributed by atoms with Crippen molar-refractivity contribution < 1.29 is 0 Å². The minimum atomic E-state index is 0.430. The molecule has 1 unspecified atom stereocenters. The first-order valence-electron chi connectivity index (χ1n) is 5.99. The summed E-state index contributed by atoms with van der Waals surface area (Å²) in [6, 6.07) is 15.2. The fourth-order valence-corrected chi connectivity index (χ4v) is 2.90. The minimum absolute atomic E-state index is 0.430. The van der Waals surface area contributed by atoms with Crippen molar-refractivity contribution in [1.29, 1.82) is 0 Å². The highest BCUT2D eigenvalue weighted by Gasteiger charge is 2.26. The van der Waals surface area contributed by atoms with Crippen LogP contribution in [0.25, 0.3) is 10.8 Å². The predicted octanol–water partition coefficient (Wildman–Crippen LogP) is 3.59. The van der Waals surface area contributed by atoms with Gasteiger partial charge in [0.15, 0.2) is 0 Å². The molecule has 0 bridgehead atoms. The van der Waals surface area contributed by atoms with E-state index in [2.05, 4.69) is 54.4 Å². The number of benzene rings is 2. The Hall–Kier alpha value is -1.41. The molecule has 1 saturated heterocycles. The summed E-state index contributed by atoms with van der Waals surface area (Å²) in [6.07, 6.45) is 1.15. The normalized spacial score (nSPS) is 20.2. The third-order valence-electron chi connectivity index (χ3n) is 3.60. The van der Waals surface area contributed by atoms with Crippen molar-refractivity contribution in [3.8, 4) is 0 Å². The first-order valence-corrected chi connectivity index (χ1v) is 6.40. The van der Waals surface area contributed by atoms with Crippen LogP contribution in [0, 0.1) is 0 Å². The summed E-state index contributed by atoms with van der Waals surface area (Å²) < 4.78 is 0. The van der Waals surface area contributed by atoms with Crippen LogP contribution in [0.15, 0.2) is 42.5 Å². The Labute approximate surface area is 107 Å². The quantitative estimate of drug-likeness (QED) is 0.702. The van der Waals surface area contributed by atoms with Gasteiger partial charge in [0.05, 0.1) is 4.99 Å². The summed E-state index contributed by atoms with van der Waals surface area (Å²) in [7, 11) is 2.09. The second-order valence-corrected chi connectivity index (χ2v) is 5.13. The predicted molar refractivity (Wildman–Crippen MR) is 76.5 cm³/mol. The SMILES string of the molecule is CN1CCC(c2ccc3ccccc3c2)C1=S. The van der Waals surface area contributed by atoms with Gasteiger partial charge < -0.3 is 4.90 Å². The molecule has 1 nitrogen and oxygen atoms in total. The van der Waals surface area contributed by atoms with E-state index < -0.39 is 0 Å². The Morgan fingerprint density at radius 1 is 1.12 bits per heavy atom. The van der Waals surface area contributed by atoms with E-state index in [1.165, 1.54) is 16.3 Å². The number of hydrogen-bond acceptors (Lipinski definition) is 1. The summed E-state index contributed by atoms with van der Waals surface area (Å²) in [5.41, 5.74) is 1.36. The molecule has 2 heteroatoms. The van der Waals surface area contributed by atoms with E-state index in [0.29, 0.717) is 5.92 Å². The van der Waals surface area contributed by atoms with Gasteiger partial charge in [-0.25, -0.2) is 0 Å². The zero-order valence-electron chi connectivity index (χ0n) is 9.89. The summed E-state index contributed by atoms with van der Waals surface area (Å²) >= 11 is 5.49. The number of likely N-dealkylation sites (N-methyl/N-ethyl adjacent to an activating group) is 1. The monoisotopic (exact) mass is 241 g/mol. The van der Waals surface area contributed by atoms with E-state index in [0.717, 1.165) is 18.0 Å². The minimum Gasteiger partial charge on any atom is -0.369 e. The van der Waals surface area contributed by atoms with Crippen LogP contribution >= 0.6 is 12.2 Å². The lowest BCUT2D eigenvalue weighted by atomic mass is 9.95. The third kappa shape index (κ3) is 1.83. The van der Waals surface area contributed by atoms with Gasteiger partial charge in [-0.2, -0.15) is 0 Å². The van der Waals surface area contributed by atoms with Crippen LogP contribution < -0.4 is 0 Å². The van der Waals surface area contributed by atoms with Crippen molar-refractivity contribution in [3.05, 3.63) is 48.0 Å². The van der Waals surface area contributed by atoms with Gasteiger partial charge in [-0.15, -0.1) is 0 Å². The molecule has 0 N–H and O–H groups in total. The average molecular weight is 241 g/mol. The van der Waals surface area contributed by atoms with Crippen molar-refractivity contribution in [2.45, 2.75) is 12.3 Å². The lowest BCUT2D eigenvalue weighted by Crippen LogP contribution is -2.19. The van der Waals surface area contributed by atoms with Crippen LogP contribution in [0.5, 0.6) is 0 Å². The van der Waals surface area contributed by atoms with Gasteiger partial charge >= 0.3 is 0 Å². The molecule has 0 aliphatic carbocycles. The zero-order chi connectivity index (χ0) is 11.8. The fraction of sp³-hybridized carbons (Fsp3) is 0.267. The molecule has 0 spiro atoms. The number of thiocarbonyl (C=S) groups is 1. The van der Waals surface area contributed by atoms with Crippen LogP contribution in [0.4, 0.5) is 0 Å². The maximum absolute atomic E-state index is 5.49. The molecule has 0 saturated carbocycles. The zero-order valence-corrected chi connectivity index (χ0v) is 10.7. The molecule has 1 aliphatic heterocycles. The van der Waals surface area contributed by atoms with Gasteiger partial charge in [-0.1, -0.05) is 54.7 Å². The molecule has 0 radical (unpaired) electrons. The lowest BCUT2D eigenvalue weighted by molar-refractivity contribution is 0.555. The van der Waals surface area contributed by atoms with Crippen LogP contribution in [-0.2, 0) is 0 Å². The first-order chi connectivity index (χ1) is 8.25. The van der Waals surface area contributed by atoms with Crippen LogP contribution in [-0.4, -0.2) is 23.5 Å². The number of fused-ring (bicyclic) bond motifs is 1. The molecular weight excluding hydrogens is 226 g/mol. The highest BCUT2D eigenvalue weighted by molar-refractivity contribution is 7.80. The molecule has 0 aromatic heterocycles. The third-order valence-corrected chi connectivity index (χ3v) is 4.20. The maximum Gasteiger partial charge on any atom is 0.0853 e. The Kier molecular flexibility index (Phi) is 2.60. The van der Waals surface area contributed by atoms with Gasteiger partial charge in [0.2, 0.25) is 0 Å². The molecule has 0 amide bonds. The summed E-state index contributed by atoms with van der Waals surface area (Å²) in [4.78, 5) is 3.27. The second-order valence-electron chi connectivity index (χ2n) is 4.71. The van der Waals surface area contributed by atoms with Crippen molar-refractivity contribution >= 4 is 28.0 Å². The summed E-state index contributed by atoms with van der Waals surface area (Å²) in [6.45, 7) is 1.08. The van der Waals surface area contributed by atoms with Crippen LogP contribution in [0.2, 0.25) is 0 Å². The standard InChI is InChI=1S/C15H15NS/c1-16-9-8-14(15(16)17)13-7-6-11-4-2-3-5-12(11)10-13/h2-7,10,14H,8-9H2,1H3. The molecule has 17 heavy (non-hydrogen) atoms. The van der Waals surface area contributed by atoms with E-state index in [1.54, 1.807) is 0 Å². The van der Waals surface area contributed by atoms with Gasteiger partial charge in [0.1, 0.15) is 0 Å². The Morgan fingerprint density at radius 3 is 2.59 bits per heavy atom. The number of nitrogens with zero attached hydrogens (tertiary/aromatic N) is 1. The van der Waals surface area contributed by atoms with E-state index >= 15 is 0 Å². The molecule has 1 fully saturated rings. The number of rotatable bonds is 1. The van der Waals surface area contributed by atoms with Crippen LogP contribution in [0.3, 0.4) is 0 Å². The van der Waals surface area contributed by atoms with Gasteiger partial charge in [-0.05, 0) is 22.8 Å². The molecule has 86 valence electrons. The number of likely N-dealkylation sites (tertiary alicyclic amines) is 1. The Balaban J connectivity index is 2.04. The second kappa shape index (κ2) is 4.11. The smallest absolute Gasteiger partial charge is 0.0853 e. The first kappa shape index (κ1) is 10.7. The van der Waals surface area contributed by atoms with E-state index in [-0.39, 0.29) is 0 Å². The van der Waals surface area contributed by atoms with Crippen molar-refractivity contribution in [2.24, 2.45) is 0 Å². The highest BCUT2D eigenvalue weighted by Crippen LogP contribution is 2.30. The molecule has 3 rings (SSSR count). The Morgan fingerprint density at radius 2 is 1.88 bits per heavy atom. The molecule has 2 aromatic carbocycles. The summed E-state index contributed by atoms with van der Waals surface area (Å²) in [5, 5.41) is 2.61. The molecule has 1 atom stereocenters. The van der Waals surface area contributed by atoms with E-state index in [9.17, 15) is 0 Å². The largest absolute Gasteiger partial charge is 0.369 e. The van der Waals surface area contributed by atoms with Gasteiger partial charge in [-0.3, -0.25) is 0 Å². The maximum atomic E-state index is 5.49. The molecule has 2 aromatic rings. The van der Waals surface area contributed by atoms with Crippen molar-refractivity contribution in [1.82, 2.24) is 4.90 Å². The molecular formula is C15H15NS. The topological polar surface area (TPSA) is 3.24 Å². The lowest BCUT2D eigenvalue weighted by Gasteiger charge is -2.14. The molecule has 1 aliphatic rings. The number of hydrogen-bond donors (Lipinski definition) is 0. The van der Waals surface area contributed by atoms with Crippen LogP contribution in [0.1, 0.15) is 17.9 Å². The van der Waals surface area contributed by atoms with Gasteiger partial charge in [0.25, 0.3) is 0 Å². The fourth-order valence-electron chi connectivity index (χ4n) is 2.56. The Bertz CT molecular complexity index is 576. The van der Waals surface area contributed by atoms with E-state index in [1.807, 2.05) is 0 Å². The van der Waals surface area contributed by atoms with Crippen molar-refractivity contribution in [3.63, 3.8) is 0 Å².